The van der Waals surface area contributed by atoms with Crippen LogP contribution in [-0.2, 0) is 17.6 Å². The maximum Gasteiger partial charge on any atom is 0.224 e. The van der Waals surface area contributed by atoms with Crippen molar-refractivity contribution in [1.82, 2.24) is 5.32 Å². The number of nitrogens with one attached hydrogen (secondary N) is 1. The molecule has 3 rings (SSSR count). The summed E-state index contributed by atoms with van der Waals surface area (Å²) in [6.45, 7) is 0.543. The molecule has 3 heteroatoms. The molecule has 0 radical (unpaired) electrons. The average Bonchev–Trinajstić information content (AvgIpc) is 2.57. The molecular formula is C20H18FNO. The maximum absolute atomic E-state index is 13.5. The first-order chi connectivity index (χ1) is 11.2. The molecule has 0 aromatic heterocycles. The Bertz CT molecular complexity index is 823. The van der Waals surface area contributed by atoms with Gasteiger partial charge in [-0.2, -0.15) is 0 Å². The lowest BCUT2D eigenvalue weighted by Crippen LogP contribution is -2.27. The van der Waals surface area contributed by atoms with Gasteiger partial charge in [-0.15, -0.1) is 0 Å². The smallest absolute Gasteiger partial charge is 0.224 e. The van der Waals surface area contributed by atoms with Crippen molar-refractivity contribution in [2.45, 2.75) is 12.8 Å². The summed E-state index contributed by atoms with van der Waals surface area (Å²) in [5, 5.41) is 5.27. The van der Waals surface area contributed by atoms with Crippen LogP contribution in [0, 0.1) is 5.82 Å². The van der Waals surface area contributed by atoms with Crippen LogP contribution in [-0.4, -0.2) is 12.5 Å². The van der Waals surface area contributed by atoms with Crippen molar-refractivity contribution < 1.29 is 9.18 Å². The van der Waals surface area contributed by atoms with Crippen molar-refractivity contribution in [2.75, 3.05) is 6.54 Å². The fourth-order valence-corrected chi connectivity index (χ4v) is 2.72. The summed E-state index contributed by atoms with van der Waals surface area (Å²) >= 11 is 0. The second kappa shape index (κ2) is 7.05. The van der Waals surface area contributed by atoms with E-state index >= 15 is 0 Å². The van der Waals surface area contributed by atoms with E-state index in [4.69, 9.17) is 0 Å². The van der Waals surface area contributed by atoms with Gasteiger partial charge in [0.2, 0.25) is 5.91 Å². The first-order valence-electron chi connectivity index (χ1n) is 7.71. The van der Waals surface area contributed by atoms with Crippen LogP contribution in [0.3, 0.4) is 0 Å². The summed E-state index contributed by atoms with van der Waals surface area (Å²) in [7, 11) is 0. The number of hydrogen-bond acceptors (Lipinski definition) is 1. The van der Waals surface area contributed by atoms with Gasteiger partial charge >= 0.3 is 0 Å². The average molecular weight is 307 g/mol. The van der Waals surface area contributed by atoms with E-state index in [2.05, 4.69) is 29.6 Å². The lowest BCUT2D eigenvalue weighted by atomic mass is 10.0. The predicted octanol–water partition coefficient (Wildman–Crippen LogP) is 3.88. The second-order valence-corrected chi connectivity index (χ2v) is 5.51. The minimum absolute atomic E-state index is 0.0716. The van der Waals surface area contributed by atoms with Crippen LogP contribution in [0.5, 0.6) is 0 Å². The first kappa shape index (κ1) is 15.2. The molecule has 0 fully saturated rings. The minimum atomic E-state index is -0.336. The van der Waals surface area contributed by atoms with E-state index < -0.39 is 0 Å². The highest BCUT2D eigenvalue weighted by atomic mass is 19.1. The van der Waals surface area contributed by atoms with E-state index in [9.17, 15) is 9.18 Å². The standard InChI is InChI=1S/C20H18FNO/c21-19-11-4-2-7-17(19)14-20(23)22-13-12-16-9-5-8-15-6-1-3-10-18(15)16/h1-11H,12-14H2,(H,22,23). The largest absolute Gasteiger partial charge is 0.355 e. The third-order valence-electron chi connectivity index (χ3n) is 3.91. The molecular weight excluding hydrogens is 289 g/mol. The van der Waals surface area contributed by atoms with Gasteiger partial charge in [-0.05, 0) is 34.4 Å². The Morgan fingerprint density at radius 2 is 1.57 bits per heavy atom. The van der Waals surface area contributed by atoms with E-state index in [1.54, 1.807) is 18.2 Å². The van der Waals surface area contributed by atoms with Crippen molar-refractivity contribution >= 4 is 16.7 Å². The van der Waals surface area contributed by atoms with E-state index in [1.807, 2.05) is 18.2 Å². The van der Waals surface area contributed by atoms with E-state index in [-0.39, 0.29) is 18.1 Å². The monoisotopic (exact) mass is 307 g/mol. The van der Waals surface area contributed by atoms with Gasteiger partial charge in [0.25, 0.3) is 0 Å². The van der Waals surface area contributed by atoms with Crippen LogP contribution in [0.1, 0.15) is 11.1 Å². The number of carbonyl (C=O) groups excluding carboxylic acids is 1. The van der Waals surface area contributed by atoms with E-state index in [1.165, 1.54) is 22.4 Å². The highest BCUT2D eigenvalue weighted by Gasteiger charge is 2.07. The molecule has 1 amide bonds. The normalized spacial score (nSPS) is 10.7. The molecule has 0 spiro atoms. The molecule has 0 aliphatic rings. The van der Waals surface area contributed by atoms with Crippen molar-refractivity contribution in [3.05, 3.63) is 83.7 Å². The van der Waals surface area contributed by atoms with Gasteiger partial charge in [-0.25, -0.2) is 4.39 Å². The van der Waals surface area contributed by atoms with E-state index in [0.717, 1.165) is 6.42 Å². The highest BCUT2D eigenvalue weighted by molar-refractivity contribution is 5.85. The van der Waals surface area contributed by atoms with Crippen LogP contribution >= 0.6 is 0 Å². The molecule has 2 nitrogen and oxygen atoms in total. The third kappa shape index (κ3) is 3.75. The highest BCUT2D eigenvalue weighted by Crippen LogP contribution is 2.18. The Balaban J connectivity index is 1.58. The first-order valence-corrected chi connectivity index (χ1v) is 7.71. The van der Waals surface area contributed by atoms with Crippen LogP contribution in [0.4, 0.5) is 4.39 Å². The molecule has 0 aliphatic heterocycles. The number of fused-ring (bicyclic) bond motifs is 1. The van der Waals surface area contributed by atoms with Crippen LogP contribution < -0.4 is 5.32 Å². The van der Waals surface area contributed by atoms with E-state index in [0.29, 0.717) is 12.1 Å². The number of hydrogen-bond donors (Lipinski definition) is 1. The fourth-order valence-electron chi connectivity index (χ4n) is 2.72. The number of benzene rings is 3. The van der Waals surface area contributed by atoms with Gasteiger partial charge in [-0.3, -0.25) is 4.79 Å². The summed E-state index contributed by atoms with van der Waals surface area (Å²) in [6.07, 6.45) is 0.826. The van der Waals surface area contributed by atoms with Gasteiger partial charge in [-0.1, -0.05) is 60.7 Å². The molecule has 0 atom stereocenters. The summed E-state index contributed by atoms with van der Waals surface area (Å²) < 4.78 is 13.5. The van der Waals surface area contributed by atoms with Crippen molar-refractivity contribution in [3.8, 4) is 0 Å². The lowest BCUT2D eigenvalue weighted by Gasteiger charge is -2.08. The van der Waals surface area contributed by atoms with Gasteiger partial charge in [0.1, 0.15) is 5.82 Å². The zero-order valence-corrected chi connectivity index (χ0v) is 12.8. The Hall–Kier alpha value is -2.68. The van der Waals surface area contributed by atoms with Gasteiger partial charge in [0.15, 0.2) is 0 Å². The number of halogens is 1. The lowest BCUT2D eigenvalue weighted by molar-refractivity contribution is -0.120. The van der Waals surface area contributed by atoms with Crippen molar-refractivity contribution in [3.63, 3.8) is 0 Å². The van der Waals surface area contributed by atoms with Crippen LogP contribution in [0.2, 0.25) is 0 Å². The quantitative estimate of drug-likeness (QED) is 0.761. The molecule has 0 heterocycles. The molecule has 1 N–H and O–H groups in total. The molecule has 0 aliphatic carbocycles. The Labute approximate surface area is 135 Å². The Kier molecular flexibility index (Phi) is 4.67. The van der Waals surface area contributed by atoms with Gasteiger partial charge in [0.05, 0.1) is 6.42 Å². The predicted molar refractivity (Wildman–Crippen MR) is 90.8 cm³/mol. The SMILES string of the molecule is O=C(Cc1ccccc1F)NCCc1cccc2ccccc12. The second-order valence-electron chi connectivity index (χ2n) is 5.51. The summed E-state index contributed by atoms with van der Waals surface area (Å²) in [5.41, 5.74) is 1.63. The van der Waals surface area contributed by atoms with Crippen molar-refractivity contribution in [2.24, 2.45) is 0 Å². The fraction of sp³-hybridized carbons (Fsp3) is 0.150. The molecule has 0 saturated heterocycles. The molecule has 0 unspecified atom stereocenters. The molecule has 23 heavy (non-hydrogen) atoms. The summed E-state index contributed by atoms with van der Waals surface area (Å²) in [6, 6.07) is 20.8. The molecule has 0 bridgehead atoms. The Morgan fingerprint density at radius 3 is 2.43 bits per heavy atom. The molecule has 0 saturated carbocycles. The minimum Gasteiger partial charge on any atom is -0.355 e. The van der Waals surface area contributed by atoms with Gasteiger partial charge in [0, 0.05) is 6.54 Å². The number of rotatable bonds is 5. The van der Waals surface area contributed by atoms with Gasteiger partial charge < -0.3 is 5.32 Å². The Morgan fingerprint density at radius 1 is 0.870 bits per heavy atom. The molecule has 3 aromatic rings. The summed E-state index contributed by atoms with van der Waals surface area (Å²) in [5.74, 6) is -0.493. The topological polar surface area (TPSA) is 29.1 Å². The molecule has 3 aromatic carbocycles. The zero-order valence-electron chi connectivity index (χ0n) is 12.8. The number of carbonyl (C=O) groups is 1. The van der Waals surface area contributed by atoms with Crippen LogP contribution in [0.15, 0.2) is 66.7 Å². The summed E-state index contributed by atoms with van der Waals surface area (Å²) in [4.78, 5) is 11.9. The van der Waals surface area contributed by atoms with Crippen LogP contribution in [0.25, 0.3) is 10.8 Å². The van der Waals surface area contributed by atoms with Crippen molar-refractivity contribution in [1.29, 1.82) is 0 Å². The third-order valence-corrected chi connectivity index (χ3v) is 3.91. The number of amides is 1. The zero-order chi connectivity index (χ0) is 16.1. The maximum atomic E-state index is 13.5. The molecule has 116 valence electrons.